The first-order valence-corrected chi connectivity index (χ1v) is 6.22. The summed E-state index contributed by atoms with van der Waals surface area (Å²) in [6.45, 7) is 2.04. The third-order valence-corrected chi connectivity index (χ3v) is 2.76. The third kappa shape index (κ3) is 5.84. The monoisotopic (exact) mass is 220 g/mol. The average molecular weight is 221 g/mol. The van der Waals surface area contributed by atoms with Gasteiger partial charge in [-0.1, -0.05) is 25.7 Å². The Bertz CT molecular complexity index is 122. The van der Waals surface area contributed by atoms with Gasteiger partial charge in [0.1, 0.15) is 0 Å². The molecule has 0 aromatic rings. The van der Waals surface area contributed by atoms with Gasteiger partial charge in [-0.05, 0) is 12.8 Å². The highest BCUT2D eigenvalue weighted by molar-refractivity contribution is 6.17. The van der Waals surface area contributed by atoms with E-state index in [9.17, 15) is 0 Å². The number of hydrogen-bond acceptors (Lipinski definition) is 2. The molecule has 0 saturated heterocycles. The molecular weight excluding hydrogens is 200 g/mol. The number of alkyl halides is 1. The molecule has 1 saturated carbocycles. The van der Waals surface area contributed by atoms with Gasteiger partial charge in [-0.3, -0.25) is 0 Å². The highest BCUT2D eigenvalue weighted by Crippen LogP contribution is 2.19. The molecule has 0 radical (unpaired) electrons. The summed E-state index contributed by atoms with van der Waals surface area (Å²) < 4.78 is 11.0. The van der Waals surface area contributed by atoms with Crippen molar-refractivity contribution in [3.63, 3.8) is 0 Å². The Morgan fingerprint density at radius 1 is 0.929 bits per heavy atom. The molecule has 14 heavy (non-hydrogen) atoms. The van der Waals surface area contributed by atoms with E-state index < -0.39 is 0 Å². The molecule has 0 heterocycles. The normalized spacial score (nSPS) is 19.5. The zero-order valence-electron chi connectivity index (χ0n) is 8.84. The fourth-order valence-corrected chi connectivity index (χ4v) is 1.95. The second-order valence-corrected chi connectivity index (χ2v) is 4.16. The van der Waals surface area contributed by atoms with Crippen molar-refractivity contribution in [2.24, 2.45) is 0 Å². The summed E-state index contributed by atoms with van der Waals surface area (Å²) in [5, 5.41) is 0. The van der Waals surface area contributed by atoms with Crippen LogP contribution in [0.15, 0.2) is 0 Å². The molecule has 1 fully saturated rings. The van der Waals surface area contributed by atoms with Gasteiger partial charge in [-0.2, -0.15) is 0 Å². The Morgan fingerprint density at radius 2 is 1.64 bits per heavy atom. The van der Waals surface area contributed by atoms with E-state index in [4.69, 9.17) is 21.1 Å². The van der Waals surface area contributed by atoms with E-state index in [1.807, 2.05) is 0 Å². The van der Waals surface area contributed by atoms with Crippen molar-refractivity contribution < 1.29 is 9.47 Å². The van der Waals surface area contributed by atoms with Crippen LogP contribution in [-0.2, 0) is 9.47 Å². The predicted molar refractivity (Wildman–Crippen MR) is 59.0 cm³/mol. The minimum atomic E-state index is 0.483. The van der Waals surface area contributed by atoms with Gasteiger partial charge in [0.15, 0.2) is 0 Å². The topological polar surface area (TPSA) is 18.5 Å². The fraction of sp³-hybridized carbons (Fsp3) is 1.00. The van der Waals surface area contributed by atoms with E-state index in [-0.39, 0.29) is 0 Å². The van der Waals surface area contributed by atoms with Gasteiger partial charge in [-0.25, -0.2) is 0 Å². The van der Waals surface area contributed by atoms with Gasteiger partial charge in [0.05, 0.1) is 25.9 Å². The second-order valence-electron chi connectivity index (χ2n) is 3.79. The standard InChI is InChI=1S/C11H21ClO2/c12-7-8-13-9-10-14-11-5-3-1-2-4-6-11/h11H,1-10H2. The van der Waals surface area contributed by atoms with Crippen molar-refractivity contribution in [2.75, 3.05) is 25.7 Å². The minimum absolute atomic E-state index is 0.483. The largest absolute Gasteiger partial charge is 0.378 e. The summed E-state index contributed by atoms with van der Waals surface area (Å²) in [6, 6.07) is 0. The molecule has 0 spiro atoms. The van der Waals surface area contributed by atoms with Crippen molar-refractivity contribution in [3.8, 4) is 0 Å². The molecule has 0 N–H and O–H groups in total. The van der Waals surface area contributed by atoms with Crippen LogP contribution in [-0.4, -0.2) is 31.8 Å². The Balaban J connectivity index is 1.93. The van der Waals surface area contributed by atoms with Crippen LogP contribution < -0.4 is 0 Å². The van der Waals surface area contributed by atoms with Crippen LogP contribution in [0.5, 0.6) is 0 Å². The van der Waals surface area contributed by atoms with Crippen molar-refractivity contribution in [3.05, 3.63) is 0 Å². The lowest BCUT2D eigenvalue weighted by Crippen LogP contribution is -2.15. The van der Waals surface area contributed by atoms with E-state index >= 15 is 0 Å². The summed E-state index contributed by atoms with van der Waals surface area (Å²) in [7, 11) is 0. The Kier molecular flexibility index (Phi) is 7.47. The van der Waals surface area contributed by atoms with Gasteiger partial charge < -0.3 is 9.47 Å². The zero-order valence-corrected chi connectivity index (χ0v) is 9.60. The average Bonchev–Trinajstić information content (AvgIpc) is 2.46. The third-order valence-electron chi connectivity index (χ3n) is 2.60. The van der Waals surface area contributed by atoms with Crippen molar-refractivity contribution >= 4 is 11.6 Å². The number of rotatable bonds is 6. The minimum Gasteiger partial charge on any atom is -0.378 e. The molecule has 0 aromatic heterocycles. The summed E-state index contributed by atoms with van der Waals surface area (Å²) in [6.07, 6.45) is 8.36. The fourth-order valence-electron chi connectivity index (χ4n) is 1.84. The van der Waals surface area contributed by atoms with Crippen LogP contribution >= 0.6 is 11.6 Å². The van der Waals surface area contributed by atoms with E-state index in [1.165, 1.54) is 38.5 Å². The molecule has 1 aliphatic rings. The van der Waals surface area contributed by atoms with E-state index in [2.05, 4.69) is 0 Å². The molecule has 1 aliphatic carbocycles. The first-order chi connectivity index (χ1) is 6.93. The maximum atomic E-state index is 5.74. The van der Waals surface area contributed by atoms with E-state index in [0.717, 1.165) is 6.61 Å². The Labute approximate surface area is 91.9 Å². The van der Waals surface area contributed by atoms with Crippen molar-refractivity contribution in [2.45, 2.75) is 44.6 Å². The quantitative estimate of drug-likeness (QED) is 0.389. The van der Waals surface area contributed by atoms with Crippen molar-refractivity contribution in [1.29, 1.82) is 0 Å². The molecule has 0 atom stereocenters. The lowest BCUT2D eigenvalue weighted by molar-refractivity contribution is 0.00181. The summed E-state index contributed by atoms with van der Waals surface area (Å²) in [5.41, 5.74) is 0. The lowest BCUT2D eigenvalue weighted by Gasteiger charge is -2.14. The molecule has 0 aliphatic heterocycles. The highest BCUT2D eigenvalue weighted by atomic mass is 35.5. The van der Waals surface area contributed by atoms with Gasteiger partial charge in [0.2, 0.25) is 0 Å². The molecule has 84 valence electrons. The molecule has 0 amide bonds. The smallest absolute Gasteiger partial charge is 0.0704 e. The van der Waals surface area contributed by atoms with Crippen LogP contribution in [0.2, 0.25) is 0 Å². The second kappa shape index (κ2) is 8.51. The van der Waals surface area contributed by atoms with Gasteiger partial charge in [0.25, 0.3) is 0 Å². The molecule has 0 unspecified atom stereocenters. The Hall–Kier alpha value is 0.210. The van der Waals surface area contributed by atoms with E-state index in [1.54, 1.807) is 0 Å². The summed E-state index contributed by atoms with van der Waals surface area (Å²) >= 11 is 5.48. The zero-order chi connectivity index (χ0) is 10.1. The van der Waals surface area contributed by atoms with Gasteiger partial charge in [0, 0.05) is 5.88 Å². The molecule has 3 heteroatoms. The number of hydrogen-bond donors (Lipinski definition) is 0. The predicted octanol–water partition coefficient (Wildman–Crippen LogP) is 2.98. The van der Waals surface area contributed by atoms with Crippen LogP contribution in [0.1, 0.15) is 38.5 Å². The van der Waals surface area contributed by atoms with E-state index in [0.29, 0.717) is 25.2 Å². The first kappa shape index (κ1) is 12.3. The highest BCUT2D eigenvalue weighted by Gasteiger charge is 2.11. The molecule has 0 aromatic carbocycles. The van der Waals surface area contributed by atoms with Crippen LogP contribution in [0.4, 0.5) is 0 Å². The summed E-state index contributed by atoms with van der Waals surface area (Å²) in [4.78, 5) is 0. The lowest BCUT2D eigenvalue weighted by atomic mass is 10.1. The number of halogens is 1. The summed E-state index contributed by atoms with van der Waals surface area (Å²) in [5.74, 6) is 0.573. The molecule has 0 bridgehead atoms. The first-order valence-electron chi connectivity index (χ1n) is 5.69. The molecule has 2 nitrogen and oxygen atoms in total. The van der Waals surface area contributed by atoms with Crippen molar-refractivity contribution in [1.82, 2.24) is 0 Å². The SMILES string of the molecule is ClCCOCCOC1CCCCCC1. The maximum Gasteiger partial charge on any atom is 0.0704 e. The van der Waals surface area contributed by atoms with Gasteiger partial charge >= 0.3 is 0 Å². The Morgan fingerprint density at radius 3 is 2.29 bits per heavy atom. The van der Waals surface area contributed by atoms with Crippen LogP contribution in [0.3, 0.4) is 0 Å². The molecular formula is C11H21ClO2. The molecule has 1 rings (SSSR count). The van der Waals surface area contributed by atoms with Crippen LogP contribution in [0.25, 0.3) is 0 Å². The van der Waals surface area contributed by atoms with Crippen LogP contribution in [0, 0.1) is 0 Å². The number of ether oxygens (including phenoxy) is 2. The van der Waals surface area contributed by atoms with Gasteiger partial charge in [-0.15, -0.1) is 11.6 Å². The maximum absolute atomic E-state index is 5.74.